The first-order chi connectivity index (χ1) is 7.10. The monoisotopic (exact) mass is 291 g/mol. The van der Waals surface area contributed by atoms with Crippen LogP contribution in [0.25, 0.3) is 0 Å². The lowest BCUT2D eigenvalue weighted by Gasteiger charge is -2.10. The topological polar surface area (TPSA) is 38.3 Å². The number of hydrogen-bond donors (Lipinski definition) is 1. The summed E-state index contributed by atoms with van der Waals surface area (Å²) in [7, 11) is 1.73. The predicted octanol–water partition coefficient (Wildman–Crippen LogP) is 3.32. The van der Waals surface area contributed by atoms with Crippen LogP contribution in [0.4, 0.5) is 5.69 Å². The number of carbonyl (C=O) groups excluding carboxylic acids is 1. The SMILES string of the molecule is CCOC(=O)c1cc(Cl)cc(Br)c1NC. The molecule has 15 heavy (non-hydrogen) atoms. The molecule has 82 valence electrons. The summed E-state index contributed by atoms with van der Waals surface area (Å²) in [5, 5.41) is 3.41. The quantitative estimate of drug-likeness (QED) is 0.869. The van der Waals surface area contributed by atoms with E-state index in [2.05, 4.69) is 21.2 Å². The maximum absolute atomic E-state index is 11.6. The van der Waals surface area contributed by atoms with E-state index < -0.39 is 0 Å². The van der Waals surface area contributed by atoms with Gasteiger partial charge in [-0.05, 0) is 35.0 Å². The molecule has 0 aliphatic heterocycles. The number of hydrogen-bond acceptors (Lipinski definition) is 3. The zero-order valence-corrected chi connectivity index (χ0v) is 10.8. The van der Waals surface area contributed by atoms with Crippen molar-refractivity contribution in [3.63, 3.8) is 0 Å². The number of ether oxygens (including phenoxy) is 1. The van der Waals surface area contributed by atoms with Gasteiger partial charge in [0.2, 0.25) is 0 Å². The summed E-state index contributed by atoms with van der Waals surface area (Å²) in [6.45, 7) is 2.10. The van der Waals surface area contributed by atoms with Gasteiger partial charge < -0.3 is 10.1 Å². The van der Waals surface area contributed by atoms with Gasteiger partial charge >= 0.3 is 5.97 Å². The highest BCUT2D eigenvalue weighted by atomic mass is 79.9. The van der Waals surface area contributed by atoms with E-state index in [1.165, 1.54) is 0 Å². The molecule has 0 aliphatic rings. The smallest absolute Gasteiger partial charge is 0.340 e. The van der Waals surface area contributed by atoms with Crippen LogP contribution in [0.3, 0.4) is 0 Å². The first kappa shape index (κ1) is 12.3. The fourth-order valence-electron chi connectivity index (χ4n) is 1.20. The molecule has 0 aromatic heterocycles. The Balaban J connectivity index is 3.20. The molecule has 0 heterocycles. The average molecular weight is 293 g/mol. The van der Waals surface area contributed by atoms with Crippen LogP contribution in [0.1, 0.15) is 17.3 Å². The number of esters is 1. The van der Waals surface area contributed by atoms with E-state index in [9.17, 15) is 4.79 Å². The van der Waals surface area contributed by atoms with Gasteiger partial charge in [0, 0.05) is 16.5 Å². The zero-order valence-electron chi connectivity index (χ0n) is 8.43. The Hall–Kier alpha value is -0.740. The highest BCUT2D eigenvalue weighted by molar-refractivity contribution is 9.10. The summed E-state index contributed by atoms with van der Waals surface area (Å²) >= 11 is 9.18. The summed E-state index contributed by atoms with van der Waals surface area (Å²) in [6.07, 6.45) is 0. The van der Waals surface area contributed by atoms with Crippen LogP contribution in [-0.2, 0) is 4.74 Å². The van der Waals surface area contributed by atoms with Crippen LogP contribution in [0, 0.1) is 0 Å². The van der Waals surface area contributed by atoms with Crippen LogP contribution < -0.4 is 5.32 Å². The van der Waals surface area contributed by atoms with E-state index in [1.807, 2.05) is 0 Å². The van der Waals surface area contributed by atoms with E-state index in [4.69, 9.17) is 16.3 Å². The summed E-state index contributed by atoms with van der Waals surface area (Å²) in [5.74, 6) is -0.384. The molecule has 0 radical (unpaired) electrons. The Bertz CT molecular complexity index is 382. The minimum Gasteiger partial charge on any atom is -0.462 e. The van der Waals surface area contributed by atoms with Gasteiger partial charge in [-0.1, -0.05) is 11.6 Å². The molecule has 1 N–H and O–H groups in total. The lowest BCUT2D eigenvalue weighted by atomic mass is 10.2. The number of nitrogens with one attached hydrogen (secondary N) is 1. The van der Waals surface area contributed by atoms with Gasteiger partial charge in [0.25, 0.3) is 0 Å². The summed E-state index contributed by atoms with van der Waals surface area (Å²) in [5.41, 5.74) is 1.11. The molecule has 1 rings (SSSR count). The van der Waals surface area contributed by atoms with Crippen molar-refractivity contribution >= 4 is 39.2 Å². The molecule has 0 spiro atoms. The molecule has 0 saturated heterocycles. The first-order valence-corrected chi connectivity index (χ1v) is 5.61. The molecule has 0 atom stereocenters. The Morgan fingerprint density at radius 2 is 2.27 bits per heavy atom. The summed E-state index contributed by atoms with van der Waals surface area (Å²) in [6, 6.07) is 3.30. The van der Waals surface area contributed by atoms with Crippen molar-refractivity contribution in [1.29, 1.82) is 0 Å². The van der Waals surface area contributed by atoms with Crippen molar-refractivity contribution in [3.05, 3.63) is 27.2 Å². The Morgan fingerprint density at radius 3 is 2.80 bits per heavy atom. The Kier molecular flexibility index (Phi) is 4.42. The van der Waals surface area contributed by atoms with Gasteiger partial charge in [-0.3, -0.25) is 0 Å². The fraction of sp³-hybridized carbons (Fsp3) is 0.300. The van der Waals surface area contributed by atoms with Crippen LogP contribution in [-0.4, -0.2) is 19.6 Å². The van der Waals surface area contributed by atoms with Crippen LogP contribution >= 0.6 is 27.5 Å². The third-order valence-electron chi connectivity index (χ3n) is 1.80. The first-order valence-electron chi connectivity index (χ1n) is 4.44. The molecular weight excluding hydrogens is 281 g/mol. The molecule has 3 nitrogen and oxygen atoms in total. The van der Waals surface area contributed by atoms with Crippen LogP contribution in [0.15, 0.2) is 16.6 Å². The maximum atomic E-state index is 11.6. The summed E-state index contributed by atoms with van der Waals surface area (Å²) < 4.78 is 5.66. The van der Waals surface area contributed by atoms with Gasteiger partial charge in [0.1, 0.15) is 0 Å². The Labute approximate surface area is 102 Å². The van der Waals surface area contributed by atoms with E-state index in [0.29, 0.717) is 22.9 Å². The molecular formula is C10H11BrClNO2. The van der Waals surface area contributed by atoms with Crippen molar-refractivity contribution in [2.45, 2.75) is 6.92 Å². The molecule has 0 unspecified atom stereocenters. The van der Waals surface area contributed by atoms with Crippen molar-refractivity contribution in [1.82, 2.24) is 0 Å². The van der Waals surface area contributed by atoms with Crippen molar-refractivity contribution in [2.75, 3.05) is 19.0 Å². The largest absolute Gasteiger partial charge is 0.462 e. The summed E-state index contributed by atoms with van der Waals surface area (Å²) in [4.78, 5) is 11.6. The van der Waals surface area contributed by atoms with E-state index in [1.54, 1.807) is 26.1 Å². The number of anilines is 1. The highest BCUT2D eigenvalue weighted by Crippen LogP contribution is 2.30. The molecule has 0 bridgehead atoms. The van der Waals surface area contributed by atoms with E-state index in [-0.39, 0.29) is 5.97 Å². The lowest BCUT2D eigenvalue weighted by Crippen LogP contribution is -2.08. The molecule has 0 amide bonds. The van der Waals surface area contributed by atoms with Gasteiger partial charge in [0.05, 0.1) is 17.9 Å². The minimum absolute atomic E-state index is 0.339. The van der Waals surface area contributed by atoms with Gasteiger partial charge in [-0.25, -0.2) is 4.79 Å². The number of carbonyl (C=O) groups is 1. The lowest BCUT2D eigenvalue weighted by molar-refractivity contribution is 0.0527. The minimum atomic E-state index is -0.384. The van der Waals surface area contributed by atoms with Crippen LogP contribution in [0.5, 0.6) is 0 Å². The predicted molar refractivity (Wildman–Crippen MR) is 64.7 cm³/mol. The third kappa shape index (κ3) is 2.86. The second-order valence-corrected chi connectivity index (χ2v) is 4.07. The fourth-order valence-corrected chi connectivity index (χ4v) is 2.21. The van der Waals surface area contributed by atoms with Gasteiger partial charge in [-0.2, -0.15) is 0 Å². The van der Waals surface area contributed by atoms with Crippen molar-refractivity contribution in [2.24, 2.45) is 0 Å². The van der Waals surface area contributed by atoms with E-state index in [0.717, 1.165) is 4.47 Å². The molecule has 1 aromatic carbocycles. The van der Waals surface area contributed by atoms with Gasteiger partial charge in [-0.15, -0.1) is 0 Å². The molecule has 1 aromatic rings. The second kappa shape index (κ2) is 5.37. The molecule has 5 heteroatoms. The molecule has 0 aliphatic carbocycles. The maximum Gasteiger partial charge on any atom is 0.340 e. The second-order valence-electron chi connectivity index (χ2n) is 2.78. The van der Waals surface area contributed by atoms with Crippen molar-refractivity contribution < 1.29 is 9.53 Å². The zero-order chi connectivity index (χ0) is 11.4. The van der Waals surface area contributed by atoms with Crippen LogP contribution in [0.2, 0.25) is 5.02 Å². The number of benzene rings is 1. The molecule has 0 saturated carbocycles. The van der Waals surface area contributed by atoms with Gasteiger partial charge in [0.15, 0.2) is 0 Å². The van der Waals surface area contributed by atoms with Crippen molar-refractivity contribution in [3.8, 4) is 0 Å². The normalized spacial score (nSPS) is 9.87. The Morgan fingerprint density at radius 1 is 1.60 bits per heavy atom. The average Bonchev–Trinajstić information content (AvgIpc) is 2.17. The number of halogens is 2. The standard InChI is InChI=1S/C10H11BrClNO2/c1-3-15-10(14)7-4-6(12)5-8(11)9(7)13-2/h4-5,13H,3H2,1-2H3. The molecule has 0 fully saturated rings. The highest BCUT2D eigenvalue weighted by Gasteiger charge is 2.15. The van der Waals surface area contributed by atoms with E-state index >= 15 is 0 Å². The number of rotatable bonds is 3. The third-order valence-corrected chi connectivity index (χ3v) is 2.64.